The van der Waals surface area contributed by atoms with Crippen LogP contribution in [0.2, 0.25) is 5.02 Å². The number of aliphatic carboxylic acids is 1. The smallest absolute Gasteiger partial charge is 0.305 e. The van der Waals surface area contributed by atoms with Crippen molar-refractivity contribution in [2.24, 2.45) is 4.99 Å². The summed E-state index contributed by atoms with van der Waals surface area (Å²) in [6.45, 7) is 0.0376. The maximum absolute atomic E-state index is 12.7. The summed E-state index contributed by atoms with van der Waals surface area (Å²) in [6.07, 6.45) is 1.21. The number of amides is 2. The number of aliphatic hydroxyl groups is 1. The van der Waals surface area contributed by atoms with Crippen molar-refractivity contribution in [3.63, 3.8) is 0 Å². The highest BCUT2D eigenvalue weighted by Crippen LogP contribution is 2.44. The molecular formula is C27H29ClN6O6. The Labute approximate surface area is 235 Å². The van der Waals surface area contributed by atoms with Gasteiger partial charge in [-0.15, -0.1) is 0 Å². The van der Waals surface area contributed by atoms with Crippen molar-refractivity contribution in [2.45, 2.75) is 43.2 Å². The van der Waals surface area contributed by atoms with Crippen LogP contribution in [0.1, 0.15) is 53.2 Å². The molecule has 2 aliphatic rings. The molecule has 1 heterocycles. The van der Waals surface area contributed by atoms with Gasteiger partial charge in [-0.05, 0) is 54.7 Å². The maximum Gasteiger partial charge on any atom is 0.305 e. The lowest BCUT2D eigenvalue weighted by Gasteiger charge is -2.36. The first-order chi connectivity index (χ1) is 19.1. The molecule has 0 spiro atoms. The number of nitriles is 1. The van der Waals surface area contributed by atoms with Crippen molar-refractivity contribution in [2.75, 3.05) is 25.0 Å². The number of carboxylic acid groups (broad SMARTS) is 1. The molecule has 1 aliphatic heterocycles. The zero-order valence-electron chi connectivity index (χ0n) is 21.4. The van der Waals surface area contributed by atoms with Crippen LogP contribution in [0.25, 0.3) is 0 Å². The molecule has 210 valence electrons. The Hall–Kier alpha value is -4.34. The molecular weight excluding hydrogens is 540 g/mol. The number of hydrogen-bond donors (Lipinski definition) is 7. The highest BCUT2D eigenvalue weighted by atomic mass is 35.5. The summed E-state index contributed by atoms with van der Waals surface area (Å²) >= 11 is 6.30. The van der Waals surface area contributed by atoms with Gasteiger partial charge in [0.15, 0.2) is 5.96 Å². The summed E-state index contributed by atoms with van der Waals surface area (Å²) < 4.78 is 0. The number of rotatable bonds is 9. The predicted molar refractivity (Wildman–Crippen MR) is 146 cm³/mol. The van der Waals surface area contributed by atoms with Gasteiger partial charge in [0.05, 0.1) is 43.1 Å². The van der Waals surface area contributed by atoms with Crippen LogP contribution in [0.4, 0.5) is 5.69 Å². The number of phenolic OH excluding ortho intramolecular Hbond substituents is 1. The molecule has 13 heteroatoms. The van der Waals surface area contributed by atoms with Crippen LogP contribution in [-0.2, 0) is 15.0 Å². The van der Waals surface area contributed by atoms with Gasteiger partial charge in [-0.2, -0.15) is 5.26 Å². The highest BCUT2D eigenvalue weighted by molar-refractivity contribution is 6.30. The number of halogens is 1. The van der Waals surface area contributed by atoms with E-state index in [4.69, 9.17) is 11.6 Å². The molecule has 12 nitrogen and oxygen atoms in total. The normalized spacial score (nSPS) is 18.1. The van der Waals surface area contributed by atoms with Gasteiger partial charge in [0, 0.05) is 28.9 Å². The Morgan fingerprint density at radius 3 is 2.60 bits per heavy atom. The minimum atomic E-state index is -1.15. The monoisotopic (exact) mass is 568 g/mol. The predicted octanol–water partition coefficient (Wildman–Crippen LogP) is 1.78. The molecule has 2 aromatic rings. The molecule has 4 rings (SSSR count). The van der Waals surface area contributed by atoms with Crippen molar-refractivity contribution in [1.29, 1.82) is 5.26 Å². The molecule has 2 atom stereocenters. The van der Waals surface area contributed by atoms with Crippen molar-refractivity contribution in [3.05, 3.63) is 58.1 Å². The third-order valence-corrected chi connectivity index (χ3v) is 7.05. The van der Waals surface area contributed by atoms with Crippen LogP contribution in [0.5, 0.6) is 5.75 Å². The summed E-state index contributed by atoms with van der Waals surface area (Å²) in [5, 5.41) is 50.0. The number of anilines is 1. The molecule has 0 bridgehead atoms. The Bertz CT molecular complexity index is 1390. The molecule has 0 aromatic heterocycles. The number of aromatic hydroxyl groups is 1. The van der Waals surface area contributed by atoms with Crippen LogP contribution >= 0.6 is 11.6 Å². The Balaban J connectivity index is 1.42. The second kappa shape index (κ2) is 12.2. The van der Waals surface area contributed by atoms with E-state index in [-0.39, 0.29) is 17.9 Å². The zero-order valence-corrected chi connectivity index (χ0v) is 22.2. The summed E-state index contributed by atoms with van der Waals surface area (Å²) in [7, 11) is 0. The molecule has 0 saturated heterocycles. The van der Waals surface area contributed by atoms with Crippen LogP contribution in [0, 0.1) is 11.3 Å². The van der Waals surface area contributed by atoms with Crippen molar-refractivity contribution in [1.82, 2.24) is 16.0 Å². The number of phenols is 1. The number of aliphatic hydroxyl groups excluding tert-OH is 1. The number of aliphatic imine (C=N–C) groups is 1. The van der Waals surface area contributed by atoms with E-state index in [1.807, 2.05) is 0 Å². The first kappa shape index (κ1) is 28.7. The van der Waals surface area contributed by atoms with Gasteiger partial charge in [-0.1, -0.05) is 17.7 Å². The van der Waals surface area contributed by atoms with Crippen LogP contribution in [0.3, 0.4) is 0 Å². The third kappa shape index (κ3) is 6.99. The standard InChI is InChI=1S/C27H29ClN6O6/c28-18-5-15(4-17(8-18)27(14-29)2-1-3-27)22(10-24(38)39)34-23(37)13-30-25(40)16-6-19(9-20(35)7-16)33-26-31-11-21(36)12-32-26/h4-9,21-22,35-36H,1-3,10-13H2,(H,30,40)(H,34,37)(H,38,39)(H2,31,32,33)/t22-/m0/s1. The van der Waals surface area contributed by atoms with E-state index in [0.29, 0.717) is 47.2 Å². The number of carbonyl (C=O) groups is 3. The lowest BCUT2D eigenvalue weighted by Crippen LogP contribution is -2.42. The van der Waals surface area contributed by atoms with E-state index < -0.39 is 48.3 Å². The number of nitrogens with one attached hydrogen (secondary N) is 4. The van der Waals surface area contributed by atoms with Gasteiger partial charge >= 0.3 is 5.97 Å². The van der Waals surface area contributed by atoms with E-state index in [1.54, 1.807) is 18.2 Å². The van der Waals surface area contributed by atoms with Crippen LogP contribution in [-0.4, -0.2) is 64.8 Å². The molecule has 7 N–H and O–H groups in total. The lowest BCUT2D eigenvalue weighted by atomic mass is 9.65. The average Bonchev–Trinajstić information content (AvgIpc) is 2.87. The molecule has 0 radical (unpaired) electrons. The molecule has 1 fully saturated rings. The second-order valence-electron chi connectivity index (χ2n) is 9.84. The summed E-state index contributed by atoms with van der Waals surface area (Å²) in [4.78, 5) is 41.2. The third-order valence-electron chi connectivity index (χ3n) is 6.83. The molecule has 2 aromatic carbocycles. The molecule has 1 saturated carbocycles. The van der Waals surface area contributed by atoms with Gasteiger partial charge < -0.3 is 36.6 Å². The van der Waals surface area contributed by atoms with Crippen molar-refractivity contribution >= 4 is 41.0 Å². The minimum Gasteiger partial charge on any atom is -0.508 e. The van der Waals surface area contributed by atoms with Crippen molar-refractivity contribution < 1.29 is 29.7 Å². The van der Waals surface area contributed by atoms with Crippen LogP contribution < -0.4 is 21.3 Å². The fourth-order valence-electron chi connectivity index (χ4n) is 4.59. The number of nitrogens with zero attached hydrogens (tertiary/aromatic N) is 2. The highest BCUT2D eigenvalue weighted by Gasteiger charge is 2.39. The maximum atomic E-state index is 12.7. The second-order valence-corrected chi connectivity index (χ2v) is 10.3. The van der Waals surface area contributed by atoms with E-state index in [2.05, 4.69) is 32.3 Å². The number of carbonyl (C=O) groups excluding carboxylic acids is 2. The number of benzene rings is 2. The Morgan fingerprint density at radius 1 is 1.20 bits per heavy atom. The fraction of sp³-hybridized carbons (Fsp3) is 0.370. The van der Waals surface area contributed by atoms with Gasteiger partial charge in [0.1, 0.15) is 5.75 Å². The van der Waals surface area contributed by atoms with Gasteiger partial charge in [0.25, 0.3) is 5.91 Å². The molecule has 40 heavy (non-hydrogen) atoms. The van der Waals surface area contributed by atoms with E-state index in [0.717, 1.165) is 6.42 Å². The zero-order chi connectivity index (χ0) is 28.9. The number of guanidine groups is 1. The quantitative estimate of drug-likeness (QED) is 0.236. The topological polar surface area (TPSA) is 196 Å². The van der Waals surface area contributed by atoms with Crippen molar-refractivity contribution in [3.8, 4) is 11.8 Å². The molecule has 2 amide bonds. The van der Waals surface area contributed by atoms with E-state index >= 15 is 0 Å². The van der Waals surface area contributed by atoms with Gasteiger partial charge in [0.2, 0.25) is 5.91 Å². The van der Waals surface area contributed by atoms with Gasteiger partial charge in [-0.3, -0.25) is 19.4 Å². The Morgan fingerprint density at radius 2 is 1.98 bits per heavy atom. The first-order valence-corrected chi connectivity index (χ1v) is 13.0. The SMILES string of the molecule is N#CC1(c2cc(Cl)cc([C@H](CC(=O)O)NC(=O)CNC(=O)c3cc(O)cc(NC4=NCC(O)CN4)c3)c2)CCC1. The summed E-state index contributed by atoms with van der Waals surface area (Å²) in [5.41, 5.74) is 0.871. The number of β-amino-alcohol motifs (C(OH)–C–C–N with tert-alkyl or cyclic N) is 1. The minimum absolute atomic E-state index is 0.0654. The average molecular weight is 569 g/mol. The first-order valence-electron chi connectivity index (χ1n) is 12.7. The van der Waals surface area contributed by atoms with Crippen LogP contribution in [0.15, 0.2) is 41.4 Å². The summed E-state index contributed by atoms with van der Waals surface area (Å²) in [5.74, 6) is -2.27. The van der Waals surface area contributed by atoms with E-state index in [1.165, 1.54) is 18.2 Å². The fourth-order valence-corrected chi connectivity index (χ4v) is 4.83. The number of hydrogen-bond acceptors (Lipinski definition) is 9. The van der Waals surface area contributed by atoms with Gasteiger partial charge in [-0.25, -0.2) is 0 Å². The summed E-state index contributed by atoms with van der Waals surface area (Å²) in [6, 6.07) is 10.4. The molecule has 1 unspecified atom stereocenters. The Kier molecular flexibility index (Phi) is 8.77. The largest absolute Gasteiger partial charge is 0.508 e. The lowest BCUT2D eigenvalue weighted by molar-refractivity contribution is -0.137. The molecule has 1 aliphatic carbocycles. The van der Waals surface area contributed by atoms with E-state index in [9.17, 15) is 35.0 Å². The number of carboxylic acids is 1.